The molecule has 0 bridgehead atoms. The van der Waals surface area contributed by atoms with Gasteiger partial charge < -0.3 is 0 Å². The molecular weight excluding hydrogens is 235 g/mol. The zero-order chi connectivity index (χ0) is 12.3. The Kier molecular flexibility index (Phi) is 3.43. The molecule has 0 aromatic heterocycles. The number of rotatable bonds is 3. The van der Waals surface area contributed by atoms with Crippen molar-refractivity contribution in [1.29, 1.82) is 0 Å². The maximum atomic E-state index is 9.98. The second-order valence-electron chi connectivity index (χ2n) is 3.89. The summed E-state index contributed by atoms with van der Waals surface area (Å²) >= 11 is 0. The summed E-state index contributed by atoms with van der Waals surface area (Å²) in [7, 11) is -3.84. The molecule has 0 atom stereocenters. The number of hydrogen-bond donors (Lipinski definition) is 2. The average molecular weight is 250 g/mol. The van der Waals surface area contributed by atoms with Crippen molar-refractivity contribution in [3.05, 3.63) is 60.2 Å². The third-order valence-electron chi connectivity index (χ3n) is 2.43. The topological polar surface area (TPSA) is 49.7 Å². The van der Waals surface area contributed by atoms with Gasteiger partial charge in [0.2, 0.25) is 0 Å². The van der Waals surface area contributed by atoms with E-state index < -0.39 is 7.94 Å². The summed E-state index contributed by atoms with van der Waals surface area (Å²) in [5, 5.41) is 0.431. The van der Waals surface area contributed by atoms with Gasteiger partial charge in [-0.15, -0.1) is 0 Å². The monoisotopic (exact) mass is 250 g/mol. The van der Waals surface area contributed by atoms with Crippen LogP contribution in [0.4, 0.5) is 0 Å². The summed E-state index contributed by atoms with van der Waals surface area (Å²) in [6.45, 7) is 1.96. The molecule has 0 unspecified atom stereocenters. The molecule has 0 aliphatic carbocycles. The van der Waals surface area contributed by atoms with Crippen molar-refractivity contribution in [2.75, 3.05) is 0 Å². The van der Waals surface area contributed by atoms with Gasteiger partial charge in [0.15, 0.2) is 0 Å². The third kappa shape index (κ3) is 3.04. The van der Waals surface area contributed by atoms with Crippen LogP contribution in [0.5, 0.6) is 5.75 Å². The van der Waals surface area contributed by atoms with Crippen LogP contribution in [0.1, 0.15) is 5.56 Å². The summed E-state index contributed by atoms with van der Waals surface area (Å²) in [4.78, 5) is 20.0. The SMILES string of the molecule is Cc1ccc(O[PH](O)(O)c2ccccc2)cc1. The van der Waals surface area contributed by atoms with E-state index in [2.05, 4.69) is 0 Å². The standard InChI is InChI=1S/C13H15O3P/c1-11-7-9-12(10-8-11)16-17(14,15)13-5-3-2-4-6-13/h2-10,14-15,17H,1H3. The summed E-state index contributed by atoms with van der Waals surface area (Å²) in [5.41, 5.74) is 1.10. The first-order valence-corrected chi connectivity index (χ1v) is 7.14. The molecular formula is C13H15O3P. The summed E-state index contributed by atoms with van der Waals surface area (Å²) in [6.07, 6.45) is 0. The molecule has 2 rings (SSSR count). The van der Waals surface area contributed by atoms with E-state index in [1.165, 1.54) is 0 Å². The van der Waals surface area contributed by atoms with Gasteiger partial charge in [0, 0.05) is 0 Å². The van der Waals surface area contributed by atoms with Gasteiger partial charge in [-0.25, -0.2) is 0 Å². The van der Waals surface area contributed by atoms with E-state index in [9.17, 15) is 9.79 Å². The molecule has 0 heterocycles. The molecule has 2 aromatic rings. The van der Waals surface area contributed by atoms with Crippen LogP contribution < -0.4 is 9.83 Å². The number of benzene rings is 2. The third-order valence-corrected chi connectivity index (χ3v) is 4.04. The van der Waals surface area contributed by atoms with E-state index in [0.29, 0.717) is 11.1 Å². The first-order chi connectivity index (χ1) is 8.08. The minimum absolute atomic E-state index is 0.431. The second-order valence-corrected chi connectivity index (χ2v) is 5.89. The van der Waals surface area contributed by atoms with Crippen LogP contribution in [0.15, 0.2) is 54.6 Å². The Morgan fingerprint density at radius 2 is 1.47 bits per heavy atom. The van der Waals surface area contributed by atoms with Gasteiger partial charge in [0.1, 0.15) is 0 Å². The fourth-order valence-electron chi connectivity index (χ4n) is 1.48. The molecule has 0 saturated heterocycles. The van der Waals surface area contributed by atoms with Gasteiger partial charge in [-0.1, -0.05) is 0 Å². The Balaban J connectivity index is 2.20. The van der Waals surface area contributed by atoms with Gasteiger partial charge in [0.25, 0.3) is 0 Å². The Labute approximate surface area is 101 Å². The Morgan fingerprint density at radius 3 is 2.06 bits per heavy atom. The van der Waals surface area contributed by atoms with Crippen LogP contribution in [0.25, 0.3) is 0 Å². The number of hydrogen-bond acceptors (Lipinski definition) is 3. The zero-order valence-corrected chi connectivity index (χ0v) is 10.5. The second kappa shape index (κ2) is 4.84. The van der Waals surface area contributed by atoms with Crippen molar-refractivity contribution in [2.24, 2.45) is 0 Å². The maximum absolute atomic E-state index is 9.98. The summed E-state index contributed by atoms with van der Waals surface area (Å²) in [5.74, 6) is 0.469. The Morgan fingerprint density at radius 1 is 0.882 bits per heavy atom. The van der Waals surface area contributed by atoms with Crippen LogP contribution in [0.3, 0.4) is 0 Å². The van der Waals surface area contributed by atoms with E-state index in [4.69, 9.17) is 4.52 Å². The predicted octanol–water partition coefficient (Wildman–Crippen LogP) is 2.18. The molecule has 2 N–H and O–H groups in total. The van der Waals surface area contributed by atoms with Crippen LogP contribution in [-0.4, -0.2) is 9.79 Å². The van der Waals surface area contributed by atoms with Gasteiger partial charge in [-0.2, -0.15) is 0 Å². The van der Waals surface area contributed by atoms with Crippen molar-refractivity contribution < 1.29 is 14.3 Å². The van der Waals surface area contributed by atoms with Crippen LogP contribution in [0.2, 0.25) is 0 Å². The van der Waals surface area contributed by atoms with Gasteiger partial charge in [-0.3, -0.25) is 0 Å². The van der Waals surface area contributed by atoms with Crippen molar-refractivity contribution in [3.63, 3.8) is 0 Å². The Hall–Kier alpha value is -1.41. The molecule has 0 amide bonds. The fraction of sp³-hybridized carbons (Fsp3) is 0.0769. The van der Waals surface area contributed by atoms with Crippen molar-refractivity contribution in [1.82, 2.24) is 0 Å². The van der Waals surface area contributed by atoms with Crippen LogP contribution in [-0.2, 0) is 0 Å². The molecule has 0 fully saturated rings. The van der Waals surface area contributed by atoms with E-state index in [-0.39, 0.29) is 0 Å². The van der Waals surface area contributed by atoms with Crippen LogP contribution in [0, 0.1) is 6.92 Å². The van der Waals surface area contributed by atoms with Crippen molar-refractivity contribution in [3.8, 4) is 5.75 Å². The average Bonchev–Trinajstić information content (AvgIpc) is 2.33. The van der Waals surface area contributed by atoms with E-state index >= 15 is 0 Å². The molecule has 0 saturated carbocycles. The first-order valence-electron chi connectivity index (χ1n) is 5.34. The predicted molar refractivity (Wildman–Crippen MR) is 70.6 cm³/mol. The molecule has 17 heavy (non-hydrogen) atoms. The molecule has 0 aliphatic rings. The first kappa shape index (κ1) is 12.1. The fourth-order valence-corrected chi connectivity index (χ4v) is 2.69. The Bertz CT molecular complexity index is 480. The van der Waals surface area contributed by atoms with E-state index in [1.807, 2.05) is 25.1 Å². The summed E-state index contributed by atoms with van der Waals surface area (Å²) < 4.78 is 5.29. The van der Waals surface area contributed by atoms with Crippen LogP contribution >= 0.6 is 7.94 Å². The van der Waals surface area contributed by atoms with Gasteiger partial charge >= 0.3 is 100 Å². The number of aryl methyl sites for hydroxylation is 1. The normalized spacial score (nSPS) is 12.2. The van der Waals surface area contributed by atoms with Gasteiger partial charge in [0.05, 0.1) is 0 Å². The zero-order valence-electron chi connectivity index (χ0n) is 9.50. The molecule has 0 spiro atoms. The van der Waals surface area contributed by atoms with Crippen molar-refractivity contribution >= 4 is 13.2 Å². The molecule has 90 valence electrons. The van der Waals surface area contributed by atoms with Crippen molar-refractivity contribution in [2.45, 2.75) is 6.92 Å². The molecule has 3 nitrogen and oxygen atoms in total. The minimum atomic E-state index is -3.84. The van der Waals surface area contributed by atoms with E-state index in [1.54, 1.807) is 36.4 Å². The molecule has 4 heteroatoms. The summed E-state index contributed by atoms with van der Waals surface area (Å²) in [6, 6.07) is 15.8. The molecule has 0 radical (unpaired) electrons. The van der Waals surface area contributed by atoms with Gasteiger partial charge in [-0.05, 0) is 0 Å². The molecule has 0 aliphatic heterocycles. The quantitative estimate of drug-likeness (QED) is 0.821. The van der Waals surface area contributed by atoms with E-state index in [0.717, 1.165) is 5.56 Å². The molecule has 2 aromatic carbocycles.